The molecule has 3 aromatic rings. The van der Waals surface area contributed by atoms with Crippen LogP contribution in [0.25, 0.3) is 10.9 Å². The van der Waals surface area contributed by atoms with Gasteiger partial charge in [0.2, 0.25) is 0 Å². The molecular weight excluding hydrogens is 336 g/mol. The highest BCUT2D eigenvalue weighted by Crippen LogP contribution is 2.23. The molecule has 4 nitrogen and oxygen atoms in total. The van der Waals surface area contributed by atoms with Crippen LogP contribution in [0.5, 0.6) is 0 Å². The number of carbonyl (C=O) groups excluding carboxylic acids is 1. The van der Waals surface area contributed by atoms with Crippen molar-refractivity contribution in [3.63, 3.8) is 0 Å². The van der Waals surface area contributed by atoms with Gasteiger partial charge in [-0.25, -0.2) is 0 Å². The molecule has 0 aliphatic carbocycles. The number of rotatable bonds is 6. The van der Waals surface area contributed by atoms with Crippen LogP contribution in [0.15, 0.2) is 54.6 Å². The summed E-state index contributed by atoms with van der Waals surface area (Å²) >= 11 is 0. The molecule has 0 unspecified atom stereocenters. The second kappa shape index (κ2) is 7.89. The molecule has 0 spiro atoms. The lowest BCUT2D eigenvalue weighted by Crippen LogP contribution is -2.39. The molecule has 0 saturated carbocycles. The van der Waals surface area contributed by atoms with Crippen molar-refractivity contribution < 1.29 is 9.90 Å². The summed E-state index contributed by atoms with van der Waals surface area (Å²) in [6.45, 7) is 6.27. The summed E-state index contributed by atoms with van der Waals surface area (Å²) in [6.07, 6.45) is 0.694. The second-order valence-electron chi connectivity index (χ2n) is 7.65. The van der Waals surface area contributed by atoms with Gasteiger partial charge in [-0.1, -0.05) is 48.9 Å². The van der Waals surface area contributed by atoms with E-state index in [9.17, 15) is 9.90 Å². The first kappa shape index (κ1) is 19.1. The molecule has 1 amide bonds. The van der Waals surface area contributed by atoms with Crippen LogP contribution >= 0.6 is 0 Å². The summed E-state index contributed by atoms with van der Waals surface area (Å²) in [6, 6.07) is 17.8. The molecule has 0 bridgehead atoms. The Labute approximate surface area is 160 Å². The zero-order valence-corrected chi connectivity index (χ0v) is 16.1. The zero-order chi connectivity index (χ0) is 19.4. The van der Waals surface area contributed by atoms with E-state index in [0.29, 0.717) is 18.5 Å². The number of aliphatic hydroxyl groups excluding tert-OH is 1. The maximum Gasteiger partial charge on any atom is 0.252 e. The summed E-state index contributed by atoms with van der Waals surface area (Å²) in [7, 11) is 0. The number of hydrogen-bond acceptors (Lipinski definition) is 3. The van der Waals surface area contributed by atoms with Crippen molar-refractivity contribution in [3.05, 3.63) is 77.0 Å². The lowest BCUT2D eigenvalue weighted by atomic mass is 9.84. The Bertz CT molecular complexity index is 953. The van der Waals surface area contributed by atoms with E-state index in [1.54, 1.807) is 0 Å². The summed E-state index contributed by atoms with van der Waals surface area (Å²) < 4.78 is 0. The molecular formula is C23H26N2O2. The number of aryl methyl sites for hydroxylation is 2. The predicted molar refractivity (Wildman–Crippen MR) is 109 cm³/mol. The molecule has 0 aliphatic heterocycles. The minimum atomic E-state index is -0.426. The van der Waals surface area contributed by atoms with Crippen LogP contribution < -0.4 is 5.32 Å². The van der Waals surface area contributed by atoms with E-state index >= 15 is 0 Å². The highest BCUT2D eigenvalue weighted by molar-refractivity contribution is 6.06. The van der Waals surface area contributed by atoms with Gasteiger partial charge in [-0.3, -0.25) is 9.78 Å². The number of aliphatic hydroxyl groups is 1. The van der Waals surface area contributed by atoms with E-state index in [1.807, 2.05) is 75.4 Å². The first-order chi connectivity index (χ1) is 12.9. The molecule has 4 heteroatoms. The van der Waals surface area contributed by atoms with Gasteiger partial charge in [0.05, 0.1) is 17.7 Å². The van der Waals surface area contributed by atoms with Gasteiger partial charge in [-0.2, -0.15) is 0 Å². The Morgan fingerprint density at radius 1 is 1.11 bits per heavy atom. The van der Waals surface area contributed by atoms with Crippen LogP contribution in [0.3, 0.4) is 0 Å². The molecule has 0 radical (unpaired) electrons. The van der Waals surface area contributed by atoms with Crippen LogP contribution in [0.4, 0.5) is 0 Å². The lowest BCUT2D eigenvalue weighted by Gasteiger charge is -2.28. The quantitative estimate of drug-likeness (QED) is 0.701. The first-order valence-electron chi connectivity index (χ1n) is 9.21. The van der Waals surface area contributed by atoms with Gasteiger partial charge in [0, 0.05) is 23.0 Å². The summed E-state index contributed by atoms with van der Waals surface area (Å²) in [5.41, 5.74) is 4.06. The standard InChI is InChI=1S/C23H26N2O2/c1-16-9-10-21-19(11-16)20(12-17(2)25-21)22(27)24-14-23(3,15-26)13-18-7-5-4-6-8-18/h4-12,26H,13-15H2,1-3H3,(H,24,27)/t23-/m1/s1. The van der Waals surface area contributed by atoms with Crippen molar-refractivity contribution in [2.45, 2.75) is 27.2 Å². The Balaban J connectivity index is 1.80. The molecule has 1 aromatic heterocycles. The van der Waals surface area contributed by atoms with Gasteiger partial charge >= 0.3 is 0 Å². The zero-order valence-electron chi connectivity index (χ0n) is 16.1. The third kappa shape index (κ3) is 4.52. The number of carbonyl (C=O) groups is 1. The number of aromatic nitrogens is 1. The Kier molecular flexibility index (Phi) is 5.57. The minimum Gasteiger partial charge on any atom is -0.396 e. The minimum absolute atomic E-state index is 0.00258. The summed E-state index contributed by atoms with van der Waals surface area (Å²) in [4.78, 5) is 17.4. The highest BCUT2D eigenvalue weighted by Gasteiger charge is 2.25. The van der Waals surface area contributed by atoms with Gasteiger partial charge < -0.3 is 10.4 Å². The average molecular weight is 362 g/mol. The molecule has 0 fully saturated rings. The molecule has 1 atom stereocenters. The van der Waals surface area contributed by atoms with Crippen LogP contribution in [-0.4, -0.2) is 29.1 Å². The Morgan fingerprint density at radius 3 is 2.56 bits per heavy atom. The van der Waals surface area contributed by atoms with Crippen molar-refractivity contribution in [1.82, 2.24) is 10.3 Å². The van der Waals surface area contributed by atoms with E-state index in [4.69, 9.17) is 0 Å². The fraction of sp³-hybridized carbons (Fsp3) is 0.304. The van der Waals surface area contributed by atoms with Gasteiger partial charge in [0.1, 0.15) is 0 Å². The number of pyridine rings is 1. The maximum atomic E-state index is 12.9. The van der Waals surface area contributed by atoms with E-state index < -0.39 is 5.41 Å². The van der Waals surface area contributed by atoms with E-state index in [1.165, 1.54) is 0 Å². The average Bonchev–Trinajstić information content (AvgIpc) is 2.66. The largest absolute Gasteiger partial charge is 0.396 e. The van der Waals surface area contributed by atoms with E-state index in [0.717, 1.165) is 27.7 Å². The lowest BCUT2D eigenvalue weighted by molar-refractivity contribution is 0.0896. The Hall–Kier alpha value is -2.72. The van der Waals surface area contributed by atoms with Crippen molar-refractivity contribution in [2.75, 3.05) is 13.2 Å². The first-order valence-corrected chi connectivity index (χ1v) is 9.21. The fourth-order valence-electron chi connectivity index (χ4n) is 3.31. The maximum absolute atomic E-state index is 12.9. The van der Waals surface area contributed by atoms with Crippen molar-refractivity contribution >= 4 is 16.8 Å². The SMILES string of the molecule is Cc1ccc2nc(C)cc(C(=O)NC[C@](C)(CO)Cc3ccccc3)c2c1. The molecule has 2 aromatic carbocycles. The number of hydrogen-bond donors (Lipinski definition) is 2. The number of benzene rings is 2. The molecule has 3 rings (SSSR count). The summed E-state index contributed by atoms with van der Waals surface area (Å²) in [5, 5.41) is 13.8. The smallest absolute Gasteiger partial charge is 0.252 e. The normalized spacial score (nSPS) is 13.3. The summed E-state index contributed by atoms with van der Waals surface area (Å²) in [5.74, 6) is -0.135. The van der Waals surface area contributed by atoms with Crippen molar-refractivity contribution in [3.8, 4) is 0 Å². The monoisotopic (exact) mass is 362 g/mol. The Morgan fingerprint density at radius 2 is 1.85 bits per heavy atom. The molecule has 140 valence electrons. The van der Waals surface area contributed by atoms with Gasteiger partial charge in [0.15, 0.2) is 0 Å². The van der Waals surface area contributed by atoms with Crippen LogP contribution in [0, 0.1) is 19.3 Å². The molecule has 27 heavy (non-hydrogen) atoms. The number of nitrogens with one attached hydrogen (secondary N) is 1. The third-order valence-electron chi connectivity index (χ3n) is 4.87. The van der Waals surface area contributed by atoms with E-state index in [2.05, 4.69) is 10.3 Å². The molecule has 0 aliphatic rings. The topological polar surface area (TPSA) is 62.2 Å². The van der Waals surface area contributed by atoms with Gasteiger partial charge in [-0.15, -0.1) is 0 Å². The number of amides is 1. The van der Waals surface area contributed by atoms with Crippen LogP contribution in [0.1, 0.15) is 34.1 Å². The highest BCUT2D eigenvalue weighted by atomic mass is 16.3. The van der Waals surface area contributed by atoms with Crippen molar-refractivity contribution in [1.29, 1.82) is 0 Å². The van der Waals surface area contributed by atoms with Crippen LogP contribution in [-0.2, 0) is 6.42 Å². The van der Waals surface area contributed by atoms with Gasteiger partial charge in [0.25, 0.3) is 5.91 Å². The number of nitrogens with zero attached hydrogens (tertiary/aromatic N) is 1. The second-order valence-corrected chi connectivity index (χ2v) is 7.65. The molecule has 0 saturated heterocycles. The van der Waals surface area contributed by atoms with Crippen LogP contribution in [0.2, 0.25) is 0 Å². The number of fused-ring (bicyclic) bond motifs is 1. The fourth-order valence-corrected chi connectivity index (χ4v) is 3.31. The van der Waals surface area contributed by atoms with E-state index in [-0.39, 0.29) is 12.5 Å². The van der Waals surface area contributed by atoms with Crippen molar-refractivity contribution in [2.24, 2.45) is 5.41 Å². The third-order valence-corrected chi connectivity index (χ3v) is 4.87. The van der Waals surface area contributed by atoms with Gasteiger partial charge in [-0.05, 0) is 44.0 Å². The molecule has 1 heterocycles. The predicted octanol–water partition coefficient (Wildman–Crippen LogP) is 3.82. The molecule has 2 N–H and O–H groups in total.